The molecule has 0 saturated carbocycles. The maximum absolute atomic E-state index is 13.3. The lowest BCUT2D eigenvalue weighted by molar-refractivity contribution is -0.140. The number of amides is 2. The van der Waals surface area contributed by atoms with E-state index in [1.54, 1.807) is 4.90 Å². The summed E-state index contributed by atoms with van der Waals surface area (Å²) in [5.74, 6) is -0.115. The van der Waals surface area contributed by atoms with Gasteiger partial charge in [0.05, 0.1) is 6.42 Å². The van der Waals surface area contributed by atoms with Gasteiger partial charge in [-0.3, -0.25) is 9.59 Å². The topological polar surface area (TPSA) is 49.4 Å². The SMILES string of the molecule is CCNC(=O)C(CC)N(Cc1cccc(C)c1)C(=O)Cc1cc(C)cc(C)c1. The van der Waals surface area contributed by atoms with Gasteiger partial charge in [-0.25, -0.2) is 0 Å². The van der Waals surface area contributed by atoms with Crippen molar-refractivity contribution in [2.75, 3.05) is 6.54 Å². The molecule has 150 valence electrons. The summed E-state index contributed by atoms with van der Waals surface area (Å²) in [5, 5.41) is 2.88. The average Bonchev–Trinajstić information content (AvgIpc) is 2.61. The van der Waals surface area contributed by atoms with Gasteiger partial charge < -0.3 is 10.2 Å². The Labute approximate surface area is 169 Å². The third-order valence-electron chi connectivity index (χ3n) is 4.81. The molecule has 2 aromatic rings. The number of hydrogen-bond donors (Lipinski definition) is 1. The van der Waals surface area contributed by atoms with Crippen LogP contribution in [0.25, 0.3) is 0 Å². The van der Waals surface area contributed by atoms with Gasteiger partial charge in [-0.05, 0) is 45.2 Å². The van der Waals surface area contributed by atoms with Crippen LogP contribution in [0.2, 0.25) is 0 Å². The third kappa shape index (κ3) is 5.95. The monoisotopic (exact) mass is 380 g/mol. The van der Waals surface area contributed by atoms with Crippen molar-refractivity contribution in [3.05, 3.63) is 70.3 Å². The highest BCUT2D eigenvalue weighted by atomic mass is 16.2. The number of aryl methyl sites for hydroxylation is 3. The molecule has 0 radical (unpaired) electrons. The van der Waals surface area contributed by atoms with E-state index in [9.17, 15) is 9.59 Å². The van der Waals surface area contributed by atoms with Gasteiger partial charge in [-0.2, -0.15) is 0 Å². The summed E-state index contributed by atoms with van der Waals surface area (Å²) in [6, 6.07) is 13.8. The van der Waals surface area contributed by atoms with E-state index in [4.69, 9.17) is 0 Å². The van der Waals surface area contributed by atoms with Crippen LogP contribution in [-0.2, 0) is 22.6 Å². The van der Waals surface area contributed by atoms with Crippen molar-refractivity contribution in [2.45, 2.75) is 60.0 Å². The predicted molar refractivity (Wildman–Crippen MR) is 114 cm³/mol. The zero-order chi connectivity index (χ0) is 20.7. The van der Waals surface area contributed by atoms with Gasteiger partial charge in [0.25, 0.3) is 0 Å². The number of carbonyl (C=O) groups is 2. The minimum Gasteiger partial charge on any atom is -0.355 e. The Hall–Kier alpha value is -2.62. The minimum absolute atomic E-state index is 0.0235. The first-order valence-electron chi connectivity index (χ1n) is 10.0. The first-order chi connectivity index (χ1) is 13.3. The van der Waals surface area contributed by atoms with Crippen LogP contribution >= 0.6 is 0 Å². The number of rotatable bonds is 8. The fourth-order valence-corrected chi connectivity index (χ4v) is 3.67. The summed E-state index contributed by atoms with van der Waals surface area (Å²) in [6.45, 7) is 10.9. The molecule has 2 amide bonds. The summed E-state index contributed by atoms with van der Waals surface area (Å²) in [5.41, 5.74) is 5.46. The molecule has 0 heterocycles. The van der Waals surface area contributed by atoms with E-state index in [-0.39, 0.29) is 11.8 Å². The first kappa shape index (κ1) is 21.7. The molecule has 4 heteroatoms. The largest absolute Gasteiger partial charge is 0.355 e. The van der Waals surface area contributed by atoms with Gasteiger partial charge in [-0.15, -0.1) is 0 Å². The second kappa shape index (κ2) is 10.1. The number of benzene rings is 2. The fraction of sp³-hybridized carbons (Fsp3) is 0.417. The molecule has 0 bridgehead atoms. The van der Waals surface area contributed by atoms with Gasteiger partial charge in [0, 0.05) is 13.1 Å². The van der Waals surface area contributed by atoms with Crippen LogP contribution in [0.3, 0.4) is 0 Å². The zero-order valence-corrected chi connectivity index (χ0v) is 17.7. The molecule has 0 fully saturated rings. The summed E-state index contributed by atoms with van der Waals surface area (Å²) >= 11 is 0. The van der Waals surface area contributed by atoms with Gasteiger partial charge in [0.2, 0.25) is 11.8 Å². The molecule has 28 heavy (non-hydrogen) atoms. The highest BCUT2D eigenvalue weighted by Crippen LogP contribution is 2.17. The molecule has 0 aliphatic rings. The lowest BCUT2D eigenvalue weighted by atomic mass is 10.0. The second-order valence-electron chi connectivity index (χ2n) is 7.50. The van der Waals surface area contributed by atoms with Gasteiger partial charge in [0.15, 0.2) is 0 Å². The number of likely N-dealkylation sites (N-methyl/N-ethyl adjacent to an activating group) is 1. The Bertz CT molecular complexity index is 809. The first-order valence-corrected chi connectivity index (χ1v) is 10.0. The molecule has 4 nitrogen and oxygen atoms in total. The number of nitrogens with zero attached hydrogens (tertiary/aromatic N) is 1. The van der Waals surface area contributed by atoms with Crippen molar-refractivity contribution in [3.63, 3.8) is 0 Å². The highest BCUT2D eigenvalue weighted by molar-refractivity contribution is 5.88. The summed E-state index contributed by atoms with van der Waals surface area (Å²) < 4.78 is 0. The number of hydrogen-bond acceptors (Lipinski definition) is 2. The van der Waals surface area contributed by atoms with E-state index in [1.165, 1.54) is 0 Å². The quantitative estimate of drug-likeness (QED) is 0.750. The zero-order valence-electron chi connectivity index (χ0n) is 17.7. The standard InChI is InChI=1S/C24H32N2O2/c1-6-22(24(28)25-7-2)26(16-20-10-8-9-17(3)12-20)23(27)15-21-13-18(4)11-19(5)14-21/h8-14,22H,6-7,15-16H2,1-5H3,(H,25,28). The minimum atomic E-state index is -0.473. The lowest BCUT2D eigenvalue weighted by Crippen LogP contribution is -2.49. The van der Waals surface area contributed by atoms with Gasteiger partial charge in [-0.1, -0.05) is 66.1 Å². The van der Waals surface area contributed by atoms with Crippen molar-refractivity contribution in [3.8, 4) is 0 Å². The van der Waals surface area contributed by atoms with Crippen LogP contribution in [0.4, 0.5) is 0 Å². The summed E-state index contributed by atoms with van der Waals surface area (Å²) in [4.78, 5) is 27.6. The van der Waals surface area contributed by atoms with Crippen molar-refractivity contribution in [1.29, 1.82) is 0 Å². The van der Waals surface area contributed by atoms with Gasteiger partial charge in [0.1, 0.15) is 6.04 Å². The Morgan fingerprint density at radius 2 is 1.57 bits per heavy atom. The molecule has 1 N–H and O–H groups in total. The average molecular weight is 381 g/mol. The van der Waals surface area contributed by atoms with Crippen LogP contribution in [-0.4, -0.2) is 29.3 Å². The van der Waals surface area contributed by atoms with Crippen LogP contribution in [0, 0.1) is 20.8 Å². The third-order valence-corrected chi connectivity index (χ3v) is 4.81. The summed E-state index contributed by atoms with van der Waals surface area (Å²) in [6.07, 6.45) is 0.875. The molecular weight excluding hydrogens is 348 g/mol. The van der Waals surface area contributed by atoms with Crippen LogP contribution in [0.5, 0.6) is 0 Å². The van der Waals surface area contributed by atoms with Crippen LogP contribution in [0.1, 0.15) is 48.1 Å². The van der Waals surface area contributed by atoms with Crippen molar-refractivity contribution >= 4 is 11.8 Å². The van der Waals surface area contributed by atoms with E-state index >= 15 is 0 Å². The van der Waals surface area contributed by atoms with E-state index in [2.05, 4.69) is 17.4 Å². The Morgan fingerprint density at radius 1 is 0.929 bits per heavy atom. The van der Waals surface area contributed by atoms with E-state index in [0.717, 1.165) is 27.8 Å². The van der Waals surface area contributed by atoms with Crippen molar-refractivity contribution in [2.24, 2.45) is 0 Å². The lowest BCUT2D eigenvalue weighted by Gasteiger charge is -2.31. The smallest absolute Gasteiger partial charge is 0.242 e. The Morgan fingerprint density at radius 3 is 2.14 bits per heavy atom. The van der Waals surface area contributed by atoms with Crippen LogP contribution in [0.15, 0.2) is 42.5 Å². The van der Waals surface area contributed by atoms with Crippen LogP contribution < -0.4 is 5.32 Å². The molecule has 1 unspecified atom stereocenters. The number of carbonyl (C=O) groups excluding carboxylic acids is 2. The fourth-order valence-electron chi connectivity index (χ4n) is 3.67. The predicted octanol–water partition coefficient (Wildman–Crippen LogP) is 4.10. The van der Waals surface area contributed by atoms with Gasteiger partial charge >= 0.3 is 0 Å². The molecule has 0 aromatic heterocycles. The molecule has 0 saturated heterocycles. The van der Waals surface area contributed by atoms with E-state index in [1.807, 2.05) is 65.0 Å². The highest BCUT2D eigenvalue weighted by Gasteiger charge is 2.28. The molecule has 1 atom stereocenters. The maximum atomic E-state index is 13.3. The second-order valence-corrected chi connectivity index (χ2v) is 7.50. The van der Waals surface area contributed by atoms with E-state index in [0.29, 0.717) is 25.9 Å². The normalized spacial score (nSPS) is 11.8. The molecule has 0 spiro atoms. The Balaban J connectivity index is 2.32. The molecule has 0 aliphatic heterocycles. The molecular formula is C24H32N2O2. The Kier molecular flexibility index (Phi) is 7.80. The van der Waals surface area contributed by atoms with Crippen molar-refractivity contribution < 1.29 is 9.59 Å². The summed E-state index contributed by atoms with van der Waals surface area (Å²) in [7, 11) is 0. The molecule has 2 aromatic carbocycles. The van der Waals surface area contributed by atoms with Crippen molar-refractivity contribution in [1.82, 2.24) is 10.2 Å². The molecule has 0 aliphatic carbocycles. The number of nitrogens with one attached hydrogen (secondary N) is 1. The molecule has 2 rings (SSSR count). The van der Waals surface area contributed by atoms with E-state index < -0.39 is 6.04 Å². The maximum Gasteiger partial charge on any atom is 0.242 e.